The number of carbonyl (C=O) groups is 1. The summed E-state index contributed by atoms with van der Waals surface area (Å²) in [5, 5.41) is 14.4. The summed E-state index contributed by atoms with van der Waals surface area (Å²) in [5.41, 5.74) is 1.88. The maximum atomic E-state index is 12.3. The molecule has 156 valence electrons. The second-order valence-electron chi connectivity index (χ2n) is 6.64. The molecule has 4 rings (SSSR count). The van der Waals surface area contributed by atoms with Crippen LogP contribution in [0.3, 0.4) is 0 Å². The smallest absolute Gasteiger partial charge is 0.273 e. The number of aryl methyl sites for hydroxylation is 1. The lowest BCUT2D eigenvalue weighted by molar-refractivity contribution is -0.385. The second kappa shape index (κ2) is 8.49. The minimum Gasteiger partial charge on any atom is -0.497 e. The maximum absolute atomic E-state index is 12.3. The Morgan fingerprint density at radius 1 is 1.16 bits per heavy atom. The van der Waals surface area contributed by atoms with E-state index in [2.05, 4.69) is 10.3 Å². The first-order valence-corrected chi connectivity index (χ1v) is 10.0. The first-order chi connectivity index (χ1) is 14.9. The van der Waals surface area contributed by atoms with Crippen molar-refractivity contribution < 1.29 is 18.9 Å². The van der Waals surface area contributed by atoms with Crippen LogP contribution in [0.1, 0.15) is 11.3 Å². The van der Waals surface area contributed by atoms with Crippen molar-refractivity contribution in [2.75, 3.05) is 7.11 Å². The minimum atomic E-state index is -0.423. The lowest BCUT2D eigenvalue weighted by atomic mass is 10.1. The van der Waals surface area contributed by atoms with E-state index in [1.807, 2.05) is 0 Å². The summed E-state index contributed by atoms with van der Waals surface area (Å²) >= 11 is 1.20. The van der Waals surface area contributed by atoms with Crippen LogP contribution in [0.4, 0.5) is 11.4 Å². The van der Waals surface area contributed by atoms with Gasteiger partial charge in [0.15, 0.2) is 5.17 Å². The lowest BCUT2D eigenvalue weighted by Gasteiger charge is -2.00. The molecular weight excluding hydrogens is 418 g/mol. The first-order valence-electron chi connectivity index (χ1n) is 9.22. The van der Waals surface area contributed by atoms with Crippen molar-refractivity contribution in [3.63, 3.8) is 0 Å². The molecule has 0 unspecified atom stereocenters. The molecule has 0 radical (unpaired) electrons. The van der Waals surface area contributed by atoms with E-state index in [4.69, 9.17) is 9.15 Å². The Morgan fingerprint density at radius 2 is 1.94 bits per heavy atom. The molecule has 9 heteroatoms. The Kier molecular flexibility index (Phi) is 5.59. The summed E-state index contributed by atoms with van der Waals surface area (Å²) in [6, 6.07) is 15.5. The molecule has 31 heavy (non-hydrogen) atoms. The number of aliphatic imine (C=N–C) groups is 1. The van der Waals surface area contributed by atoms with Crippen molar-refractivity contribution in [1.82, 2.24) is 5.32 Å². The predicted molar refractivity (Wildman–Crippen MR) is 119 cm³/mol. The third-order valence-corrected chi connectivity index (χ3v) is 5.45. The van der Waals surface area contributed by atoms with E-state index in [-0.39, 0.29) is 11.6 Å². The molecule has 0 saturated carbocycles. The van der Waals surface area contributed by atoms with Crippen LogP contribution in [0, 0.1) is 17.0 Å². The topological polar surface area (TPSA) is 107 Å². The number of thioether (sulfide) groups is 1. The molecule has 1 saturated heterocycles. The quantitative estimate of drug-likeness (QED) is 0.341. The van der Waals surface area contributed by atoms with Gasteiger partial charge in [-0.05, 0) is 55.1 Å². The van der Waals surface area contributed by atoms with Gasteiger partial charge in [-0.1, -0.05) is 12.1 Å². The maximum Gasteiger partial charge on any atom is 0.273 e. The van der Waals surface area contributed by atoms with Crippen molar-refractivity contribution in [2.45, 2.75) is 6.92 Å². The minimum absolute atomic E-state index is 0.0268. The third kappa shape index (κ3) is 4.51. The fourth-order valence-electron chi connectivity index (χ4n) is 2.93. The molecule has 0 aliphatic carbocycles. The molecule has 1 aliphatic heterocycles. The monoisotopic (exact) mass is 435 g/mol. The highest BCUT2D eigenvalue weighted by Crippen LogP contribution is 2.32. The van der Waals surface area contributed by atoms with Gasteiger partial charge in [0.25, 0.3) is 11.6 Å². The third-order valence-electron chi connectivity index (χ3n) is 4.54. The summed E-state index contributed by atoms with van der Waals surface area (Å²) in [4.78, 5) is 27.9. The highest BCUT2D eigenvalue weighted by Gasteiger charge is 2.24. The normalized spacial score (nSPS) is 16.0. The van der Waals surface area contributed by atoms with Gasteiger partial charge in [0, 0.05) is 23.3 Å². The van der Waals surface area contributed by atoms with E-state index in [1.54, 1.807) is 68.6 Å². The van der Waals surface area contributed by atoms with Gasteiger partial charge in [0.2, 0.25) is 0 Å². The number of amidine groups is 1. The number of nitro benzene ring substituents is 1. The van der Waals surface area contributed by atoms with Crippen LogP contribution in [0.2, 0.25) is 0 Å². The molecule has 0 atom stereocenters. The molecule has 1 aliphatic rings. The molecule has 1 fully saturated rings. The average Bonchev–Trinajstić information content (AvgIpc) is 3.35. The Hall–Kier alpha value is -3.85. The van der Waals surface area contributed by atoms with Gasteiger partial charge in [-0.2, -0.15) is 0 Å². The van der Waals surface area contributed by atoms with Gasteiger partial charge >= 0.3 is 0 Å². The standard InChI is InChI=1S/C22H17N3O5S/c1-13-3-4-14(11-18(13)25(27)28)19-10-9-17(30-19)12-20-21(26)24-22(31-20)23-15-5-7-16(29-2)8-6-15/h3-12H,1-2H3,(H,23,24,26). The Bertz CT molecular complexity index is 1230. The lowest BCUT2D eigenvalue weighted by Crippen LogP contribution is -2.19. The van der Waals surface area contributed by atoms with Crippen molar-refractivity contribution >= 4 is 40.3 Å². The number of carbonyl (C=O) groups excluding carboxylic acids is 1. The summed E-state index contributed by atoms with van der Waals surface area (Å²) < 4.78 is 10.9. The van der Waals surface area contributed by atoms with Crippen LogP contribution >= 0.6 is 11.8 Å². The van der Waals surface area contributed by atoms with Gasteiger partial charge in [0.05, 0.1) is 22.6 Å². The molecule has 2 aromatic carbocycles. The molecule has 1 N–H and O–H groups in total. The molecule has 1 amide bonds. The second-order valence-corrected chi connectivity index (χ2v) is 7.67. The summed E-state index contributed by atoms with van der Waals surface area (Å²) in [7, 11) is 1.59. The number of amides is 1. The van der Waals surface area contributed by atoms with Crippen LogP contribution in [0.15, 0.2) is 68.9 Å². The first kappa shape index (κ1) is 20.4. The zero-order chi connectivity index (χ0) is 22.0. The number of hydrogen-bond acceptors (Lipinski definition) is 7. The highest BCUT2D eigenvalue weighted by atomic mass is 32.2. The van der Waals surface area contributed by atoms with Gasteiger partial charge in [-0.3, -0.25) is 14.9 Å². The molecule has 0 spiro atoms. The van der Waals surface area contributed by atoms with Crippen LogP contribution in [0.25, 0.3) is 17.4 Å². The number of nitro groups is 1. The largest absolute Gasteiger partial charge is 0.497 e. The van der Waals surface area contributed by atoms with Crippen LogP contribution < -0.4 is 10.1 Å². The van der Waals surface area contributed by atoms with E-state index in [9.17, 15) is 14.9 Å². The highest BCUT2D eigenvalue weighted by molar-refractivity contribution is 8.18. The molecule has 3 aromatic rings. The zero-order valence-corrected chi connectivity index (χ0v) is 17.4. The number of hydrogen-bond donors (Lipinski definition) is 1. The SMILES string of the molecule is COc1ccc(N=C2NC(=O)C(=Cc3ccc(-c4ccc(C)c([N+](=O)[O-])c4)o3)S2)cc1. The van der Waals surface area contributed by atoms with Crippen LogP contribution in [-0.2, 0) is 4.79 Å². The summed E-state index contributed by atoms with van der Waals surface area (Å²) in [6.07, 6.45) is 1.61. The van der Waals surface area contributed by atoms with Gasteiger partial charge < -0.3 is 14.5 Å². The molecule has 0 bridgehead atoms. The molecule has 1 aromatic heterocycles. The van der Waals surface area contributed by atoms with Gasteiger partial charge in [-0.25, -0.2) is 4.99 Å². The number of methoxy groups -OCH3 is 1. The zero-order valence-electron chi connectivity index (χ0n) is 16.6. The van der Waals surface area contributed by atoms with Crippen molar-refractivity contribution in [1.29, 1.82) is 0 Å². The van der Waals surface area contributed by atoms with Crippen LogP contribution in [-0.4, -0.2) is 23.1 Å². The number of rotatable bonds is 5. The Labute approximate surface area is 181 Å². The number of nitrogens with zero attached hydrogens (tertiary/aromatic N) is 2. The van der Waals surface area contributed by atoms with E-state index in [0.717, 1.165) is 5.75 Å². The van der Waals surface area contributed by atoms with Crippen molar-refractivity contribution in [3.05, 3.63) is 80.9 Å². The van der Waals surface area contributed by atoms with E-state index in [0.29, 0.717) is 38.4 Å². The molecular formula is C22H17N3O5S. The molecule has 2 heterocycles. The van der Waals surface area contributed by atoms with Crippen LogP contribution in [0.5, 0.6) is 5.75 Å². The summed E-state index contributed by atoms with van der Waals surface area (Å²) in [5.74, 6) is 1.38. The summed E-state index contributed by atoms with van der Waals surface area (Å²) in [6.45, 7) is 1.68. The number of ether oxygens (including phenoxy) is 1. The predicted octanol–water partition coefficient (Wildman–Crippen LogP) is 5.06. The Balaban J connectivity index is 1.54. The van der Waals surface area contributed by atoms with E-state index < -0.39 is 4.92 Å². The van der Waals surface area contributed by atoms with Crippen molar-refractivity contribution in [3.8, 4) is 17.1 Å². The van der Waals surface area contributed by atoms with Gasteiger partial charge in [0.1, 0.15) is 17.3 Å². The van der Waals surface area contributed by atoms with E-state index in [1.165, 1.54) is 17.8 Å². The average molecular weight is 435 g/mol. The van der Waals surface area contributed by atoms with E-state index >= 15 is 0 Å². The number of nitrogens with one attached hydrogen (secondary N) is 1. The molecule has 8 nitrogen and oxygen atoms in total. The Morgan fingerprint density at radius 3 is 2.65 bits per heavy atom. The number of benzene rings is 2. The number of furan rings is 1. The van der Waals surface area contributed by atoms with Gasteiger partial charge in [-0.15, -0.1) is 0 Å². The van der Waals surface area contributed by atoms with Crippen molar-refractivity contribution in [2.24, 2.45) is 4.99 Å². The fraction of sp³-hybridized carbons (Fsp3) is 0.0909. The fourth-order valence-corrected chi connectivity index (χ4v) is 3.75.